The summed E-state index contributed by atoms with van der Waals surface area (Å²) < 4.78 is 0. The Morgan fingerprint density at radius 3 is 2.73 bits per heavy atom. The van der Waals surface area contributed by atoms with Gasteiger partial charge in [0, 0.05) is 12.3 Å². The molecule has 0 aliphatic carbocycles. The zero-order valence-corrected chi connectivity index (χ0v) is 9.81. The van der Waals surface area contributed by atoms with Crippen molar-refractivity contribution in [3.8, 4) is 0 Å². The molecule has 3 nitrogen and oxygen atoms in total. The first-order chi connectivity index (χ1) is 7.17. The lowest BCUT2D eigenvalue weighted by molar-refractivity contribution is -0.119. The second-order valence-corrected chi connectivity index (χ2v) is 4.52. The first-order valence-corrected chi connectivity index (χ1v) is 6.05. The molecule has 1 aliphatic heterocycles. The fourth-order valence-corrected chi connectivity index (χ4v) is 2.21. The van der Waals surface area contributed by atoms with Gasteiger partial charge in [0.25, 0.3) is 0 Å². The molecular formula is C12H22N2O. The van der Waals surface area contributed by atoms with Crippen LogP contribution in [0.1, 0.15) is 52.4 Å². The molecule has 0 bridgehead atoms. The van der Waals surface area contributed by atoms with E-state index in [0.717, 1.165) is 12.8 Å². The molecule has 0 radical (unpaired) electrons. The molecular weight excluding hydrogens is 188 g/mol. The molecule has 0 aromatic rings. The maximum Gasteiger partial charge on any atom is 0.225 e. The second-order valence-electron chi connectivity index (χ2n) is 4.52. The number of amidine groups is 1. The van der Waals surface area contributed by atoms with Crippen molar-refractivity contribution in [2.75, 3.05) is 0 Å². The number of rotatable bonds is 6. The van der Waals surface area contributed by atoms with E-state index in [1.165, 1.54) is 19.3 Å². The van der Waals surface area contributed by atoms with Crippen molar-refractivity contribution >= 4 is 11.7 Å². The molecule has 1 fully saturated rings. The maximum atomic E-state index is 11.1. The van der Waals surface area contributed by atoms with Gasteiger partial charge in [-0.15, -0.1) is 0 Å². The standard InChI is InChI=1S/C12H22N2O/c1-3-5-6-9(4-2)7-10-8-11(15)14-12(10)13/h9-10H,3-8H2,1-2H3,(H2,13,14,15). The van der Waals surface area contributed by atoms with E-state index >= 15 is 0 Å². The minimum absolute atomic E-state index is 0.0235. The number of carbonyl (C=O) groups is 1. The van der Waals surface area contributed by atoms with Crippen LogP contribution in [-0.4, -0.2) is 11.7 Å². The molecule has 3 heteroatoms. The fourth-order valence-electron chi connectivity index (χ4n) is 2.21. The Bertz CT molecular complexity index is 238. The van der Waals surface area contributed by atoms with E-state index in [1.807, 2.05) is 0 Å². The average molecular weight is 210 g/mol. The zero-order chi connectivity index (χ0) is 11.3. The zero-order valence-electron chi connectivity index (χ0n) is 9.81. The van der Waals surface area contributed by atoms with Gasteiger partial charge in [0.1, 0.15) is 5.84 Å². The predicted octanol–water partition coefficient (Wildman–Crippen LogP) is 2.71. The summed E-state index contributed by atoms with van der Waals surface area (Å²) in [5.74, 6) is 1.31. The Morgan fingerprint density at radius 1 is 1.53 bits per heavy atom. The van der Waals surface area contributed by atoms with Gasteiger partial charge in [-0.1, -0.05) is 39.5 Å². The van der Waals surface area contributed by atoms with Crippen molar-refractivity contribution in [1.82, 2.24) is 5.32 Å². The predicted molar refractivity (Wildman–Crippen MR) is 61.9 cm³/mol. The largest absolute Gasteiger partial charge is 0.314 e. The molecule has 1 heterocycles. The van der Waals surface area contributed by atoms with Crippen LogP contribution >= 0.6 is 0 Å². The van der Waals surface area contributed by atoms with Gasteiger partial charge in [-0.2, -0.15) is 0 Å². The van der Waals surface area contributed by atoms with Gasteiger partial charge in [-0.05, 0) is 12.3 Å². The fraction of sp³-hybridized carbons (Fsp3) is 0.833. The molecule has 2 N–H and O–H groups in total. The highest BCUT2D eigenvalue weighted by Gasteiger charge is 2.28. The summed E-state index contributed by atoms with van der Waals surface area (Å²) >= 11 is 0. The Morgan fingerprint density at radius 2 is 2.27 bits per heavy atom. The number of nitrogens with one attached hydrogen (secondary N) is 2. The first-order valence-electron chi connectivity index (χ1n) is 6.05. The van der Waals surface area contributed by atoms with Crippen LogP contribution in [0.5, 0.6) is 0 Å². The third-order valence-electron chi connectivity index (χ3n) is 3.28. The monoisotopic (exact) mass is 210 g/mol. The lowest BCUT2D eigenvalue weighted by atomic mass is 9.88. The van der Waals surface area contributed by atoms with E-state index in [-0.39, 0.29) is 11.8 Å². The molecule has 86 valence electrons. The Balaban J connectivity index is 2.37. The average Bonchev–Trinajstić information content (AvgIpc) is 2.52. The summed E-state index contributed by atoms with van der Waals surface area (Å²) in [7, 11) is 0. The Hall–Kier alpha value is -0.860. The van der Waals surface area contributed by atoms with Gasteiger partial charge >= 0.3 is 0 Å². The number of hydrogen-bond donors (Lipinski definition) is 2. The molecule has 15 heavy (non-hydrogen) atoms. The second kappa shape index (κ2) is 5.89. The summed E-state index contributed by atoms with van der Waals surface area (Å²) in [6.45, 7) is 4.41. The van der Waals surface area contributed by atoms with E-state index in [2.05, 4.69) is 19.2 Å². The topological polar surface area (TPSA) is 53.0 Å². The lowest BCUT2D eigenvalue weighted by Crippen LogP contribution is -2.22. The van der Waals surface area contributed by atoms with Crippen molar-refractivity contribution in [3.63, 3.8) is 0 Å². The van der Waals surface area contributed by atoms with Crippen LogP contribution in [-0.2, 0) is 4.79 Å². The Kier molecular flexibility index (Phi) is 4.79. The highest BCUT2D eigenvalue weighted by atomic mass is 16.1. The van der Waals surface area contributed by atoms with Crippen LogP contribution in [0.15, 0.2) is 0 Å². The highest BCUT2D eigenvalue weighted by molar-refractivity contribution is 6.04. The molecule has 1 amide bonds. The van der Waals surface area contributed by atoms with Gasteiger partial charge in [0.2, 0.25) is 5.91 Å². The van der Waals surface area contributed by atoms with E-state index in [0.29, 0.717) is 18.2 Å². The van der Waals surface area contributed by atoms with Crippen LogP contribution < -0.4 is 5.32 Å². The molecule has 0 aromatic heterocycles. The third-order valence-corrected chi connectivity index (χ3v) is 3.28. The molecule has 1 saturated heterocycles. The van der Waals surface area contributed by atoms with Gasteiger partial charge in [0.05, 0.1) is 0 Å². The van der Waals surface area contributed by atoms with Crippen molar-refractivity contribution in [3.05, 3.63) is 0 Å². The van der Waals surface area contributed by atoms with Crippen LogP contribution in [0.4, 0.5) is 0 Å². The molecule has 0 aromatic carbocycles. The number of hydrogen-bond acceptors (Lipinski definition) is 2. The van der Waals surface area contributed by atoms with Crippen LogP contribution in [0, 0.1) is 17.2 Å². The van der Waals surface area contributed by atoms with E-state index < -0.39 is 0 Å². The SMILES string of the molecule is CCCCC(CC)CC1CC(=O)NC1=N. The van der Waals surface area contributed by atoms with Crippen molar-refractivity contribution < 1.29 is 4.79 Å². The number of unbranched alkanes of at least 4 members (excludes halogenated alkanes) is 1. The molecule has 0 spiro atoms. The van der Waals surface area contributed by atoms with E-state index in [4.69, 9.17) is 5.41 Å². The van der Waals surface area contributed by atoms with Crippen molar-refractivity contribution in [2.45, 2.75) is 52.4 Å². The molecule has 1 rings (SSSR count). The van der Waals surface area contributed by atoms with Gasteiger partial charge < -0.3 is 5.32 Å². The normalized spacial score (nSPS) is 22.9. The summed E-state index contributed by atoms with van der Waals surface area (Å²) in [5.41, 5.74) is 0. The van der Waals surface area contributed by atoms with Crippen LogP contribution in [0.2, 0.25) is 0 Å². The minimum Gasteiger partial charge on any atom is -0.314 e. The molecule has 0 saturated carbocycles. The quantitative estimate of drug-likeness (QED) is 0.695. The van der Waals surface area contributed by atoms with E-state index in [1.54, 1.807) is 0 Å². The lowest BCUT2D eigenvalue weighted by Gasteiger charge is -2.17. The number of amides is 1. The van der Waals surface area contributed by atoms with Crippen molar-refractivity contribution in [2.24, 2.45) is 11.8 Å². The summed E-state index contributed by atoms with van der Waals surface area (Å²) in [6.07, 6.45) is 6.44. The summed E-state index contributed by atoms with van der Waals surface area (Å²) in [4.78, 5) is 11.1. The van der Waals surface area contributed by atoms with Crippen LogP contribution in [0.3, 0.4) is 0 Å². The maximum absolute atomic E-state index is 11.1. The molecule has 1 aliphatic rings. The Labute approximate surface area is 92.1 Å². The van der Waals surface area contributed by atoms with Crippen LogP contribution in [0.25, 0.3) is 0 Å². The van der Waals surface area contributed by atoms with E-state index in [9.17, 15) is 4.79 Å². The number of carbonyl (C=O) groups excluding carboxylic acids is 1. The molecule has 2 unspecified atom stereocenters. The smallest absolute Gasteiger partial charge is 0.225 e. The third kappa shape index (κ3) is 3.65. The molecule has 2 atom stereocenters. The summed E-state index contributed by atoms with van der Waals surface area (Å²) in [5, 5.41) is 10.2. The first kappa shape index (κ1) is 12.2. The summed E-state index contributed by atoms with van der Waals surface area (Å²) in [6, 6.07) is 0. The van der Waals surface area contributed by atoms with Gasteiger partial charge in [0.15, 0.2) is 0 Å². The van der Waals surface area contributed by atoms with Gasteiger partial charge in [-0.25, -0.2) is 0 Å². The highest BCUT2D eigenvalue weighted by Crippen LogP contribution is 2.26. The minimum atomic E-state index is 0.0235. The van der Waals surface area contributed by atoms with Gasteiger partial charge in [-0.3, -0.25) is 10.2 Å². The van der Waals surface area contributed by atoms with Crippen molar-refractivity contribution in [1.29, 1.82) is 5.41 Å².